The van der Waals surface area contributed by atoms with Crippen LogP contribution in [-0.4, -0.2) is 55.4 Å². The third-order valence-electron chi connectivity index (χ3n) is 5.23. The molecule has 0 amide bonds. The van der Waals surface area contributed by atoms with Crippen molar-refractivity contribution in [3.8, 4) is 5.75 Å². The molecule has 1 unspecified atom stereocenters. The van der Waals surface area contributed by atoms with Gasteiger partial charge in [0.2, 0.25) is 0 Å². The van der Waals surface area contributed by atoms with E-state index in [1.165, 1.54) is 23.3 Å². The predicted octanol–water partition coefficient (Wildman–Crippen LogP) is 3.39. The lowest BCUT2D eigenvalue weighted by atomic mass is 10.1. The van der Waals surface area contributed by atoms with E-state index in [1.807, 2.05) is 24.3 Å². The highest BCUT2D eigenvalue weighted by atomic mass is 19.1. The molecule has 0 bridgehead atoms. The summed E-state index contributed by atoms with van der Waals surface area (Å²) in [7, 11) is 0. The van der Waals surface area contributed by atoms with Crippen molar-refractivity contribution in [2.24, 2.45) is 0 Å². The highest BCUT2D eigenvalue weighted by molar-refractivity contribution is 5.46. The van der Waals surface area contributed by atoms with Crippen LogP contribution in [0.15, 0.2) is 42.5 Å². The molecule has 2 aromatic rings. The summed E-state index contributed by atoms with van der Waals surface area (Å²) < 4.78 is 18.8. The predicted molar refractivity (Wildman–Crippen MR) is 107 cm³/mol. The van der Waals surface area contributed by atoms with Crippen LogP contribution in [0.5, 0.6) is 5.75 Å². The molecule has 0 spiro atoms. The van der Waals surface area contributed by atoms with E-state index in [0.29, 0.717) is 19.6 Å². The fourth-order valence-electron chi connectivity index (χ4n) is 3.35. The maximum atomic E-state index is 13.0. The van der Waals surface area contributed by atoms with Gasteiger partial charge in [0.05, 0.1) is 12.7 Å². The molecule has 1 N–H and O–H groups in total. The van der Waals surface area contributed by atoms with E-state index in [0.717, 1.165) is 37.6 Å². The summed E-state index contributed by atoms with van der Waals surface area (Å²) in [6, 6.07) is 12.7. The van der Waals surface area contributed by atoms with E-state index >= 15 is 0 Å². The van der Waals surface area contributed by atoms with Gasteiger partial charge in [-0.25, -0.2) is 4.39 Å². The van der Waals surface area contributed by atoms with Gasteiger partial charge in [0.1, 0.15) is 11.6 Å². The number of nitrogens with zero attached hydrogens (tertiary/aromatic N) is 2. The first-order valence-electron chi connectivity index (χ1n) is 9.62. The average Bonchev–Trinajstić information content (AvgIpc) is 2.66. The third kappa shape index (κ3) is 5.68. The molecule has 0 radical (unpaired) electrons. The first-order valence-corrected chi connectivity index (χ1v) is 9.62. The van der Waals surface area contributed by atoms with Gasteiger partial charge in [-0.1, -0.05) is 6.07 Å². The fraction of sp³-hybridized carbons (Fsp3) is 0.455. The number of aliphatic hydroxyl groups is 1. The van der Waals surface area contributed by atoms with E-state index in [1.54, 1.807) is 0 Å². The second-order valence-electron chi connectivity index (χ2n) is 7.30. The Morgan fingerprint density at radius 3 is 2.37 bits per heavy atom. The summed E-state index contributed by atoms with van der Waals surface area (Å²) >= 11 is 0. The Bertz CT molecular complexity index is 728. The minimum absolute atomic E-state index is 0.205. The van der Waals surface area contributed by atoms with Gasteiger partial charge in [-0.2, -0.15) is 0 Å². The fourth-order valence-corrected chi connectivity index (χ4v) is 3.35. The van der Waals surface area contributed by atoms with E-state index in [2.05, 4.69) is 29.7 Å². The lowest BCUT2D eigenvalue weighted by Crippen LogP contribution is -2.48. The molecule has 0 aromatic heterocycles. The Hall–Kier alpha value is -2.11. The van der Waals surface area contributed by atoms with Gasteiger partial charge in [-0.3, -0.25) is 4.90 Å². The summed E-state index contributed by atoms with van der Waals surface area (Å²) in [5.74, 6) is 0.654. The van der Waals surface area contributed by atoms with Crippen molar-refractivity contribution in [3.63, 3.8) is 0 Å². The van der Waals surface area contributed by atoms with Crippen LogP contribution >= 0.6 is 0 Å². The van der Waals surface area contributed by atoms with Crippen molar-refractivity contribution < 1.29 is 14.2 Å². The van der Waals surface area contributed by atoms with Gasteiger partial charge in [-0.15, -0.1) is 0 Å². The van der Waals surface area contributed by atoms with E-state index in [-0.39, 0.29) is 5.82 Å². The van der Waals surface area contributed by atoms with Crippen molar-refractivity contribution in [1.82, 2.24) is 4.90 Å². The summed E-state index contributed by atoms with van der Waals surface area (Å²) in [4.78, 5) is 4.53. The van der Waals surface area contributed by atoms with Crippen molar-refractivity contribution in [1.29, 1.82) is 0 Å². The number of benzene rings is 2. The van der Waals surface area contributed by atoms with Crippen LogP contribution < -0.4 is 9.64 Å². The summed E-state index contributed by atoms with van der Waals surface area (Å²) in [6.07, 6.45) is 0.222. The normalized spacial score (nSPS) is 16.4. The number of aryl methyl sites for hydroxylation is 2. The summed E-state index contributed by atoms with van der Waals surface area (Å²) in [5, 5.41) is 10.3. The Balaban J connectivity index is 1.37. The summed E-state index contributed by atoms with van der Waals surface area (Å²) in [5.41, 5.74) is 3.52. The van der Waals surface area contributed by atoms with Crippen LogP contribution in [-0.2, 0) is 0 Å². The van der Waals surface area contributed by atoms with Gasteiger partial charge < -0.3 is 14.7 Å². The Morgan fingerprint density at radius 2 is 1.70 bits per heavy atom. The van der Waals surface area contributed by atoms with Crippen LogP contribution in [0.2, 0.25) is 0 Å². The van der Waals surface area contributed by atoms with Crippen LogP contribution in [0.3, 0.4) is 0 Å². The molecule has 1 heterocycles. The van der Waals surface area contributed by atoms with Crippen molar-refractivity contribution in [3.05, 3.63) is 59.4 Å². The van der Waals surface area contributed by atoms with Crippen molar-refractivity contribution in [2.75, 3.05) is 44.2 Å². The lowest BCUT2D eigenvalue weighted by Gasteiger charge is -2.36. The van der Waals surface area contributed by atoms with Gasteiger partial charge in [0, 0.05) is 44.8 Å². The number of ether oxygens (including phenoxy) is 1. The number of aliphatic hydroxyl groups excluding tert-OH is 1. The molecule has 3 rings (SSSR count). The highest BCUT2D eigenvalue weighted by Gasteiger charge is 2.19. The largest absolute Gasteiger partial charge is 0.493 e. The Morgan fingerprint density at radius 1 is 1.00 bits per heavy atom. The average molecular weight is 372 g/mol. The van der Waals surface area contributed by atoms with Crippen molar-refractivity contribution >= 4 is 5.69 Å². The number of hydrogen-bond donors (Lipinski definition) is 1. The molecular weight excluding hydrogens is 343 g/mol. The Kier molecular flexibility index (Phi) is 6.69. The first-order chi connectivity index (χ1) is 13.0. The SMILES string of the molecule is Cc1ccc(OCCC(O)CN2CCN(c3ccc(F)cc3)CC2)cc1C. The number of piperazine rings is 1. The first kappa shape index (κ1) is 19.6. The van der Waals surface area contributed by atoms with Gasteiger partial charge in [0.25, 0.3) is 0 Å². The van der Waals surface area contributed by atoms with Crippen LogP contribution in [0.4, 0.5) is 10.1 Å². The van der Waals surface area contributed by atoms with E-state index < -0.39 is 6.10 Å². The number of halogens is 1. The topological polar surface area (TPSA) is 35.9 Å². The number of anilines is 1. The number of rotatable bonds is 7. The second kappa shape index (κ2) is 9.20. The van der Waals surface area contributed by atoms with Gasteiger partial charge in [0.15, 0.2) is 0 Å². The molecule has 1 saturated heterocycles. The molecule has 1 fully saturated rings. The minimum Gasteiger partial charge on any atom is -0.493 e. The monoisotopic (exact) mass is 372 g/mol. The van der Waals surface area contributed by atoms with E-state index in [9.17, 15) is 9.50 Å². The second-order valence-corrected chi connectivity index (χ2v) is 7.30. The van der Waals surface area contributed by atoms with E-state index in [4.69, 9.17) is 4.74 Å². The molecule has 4 nitrogen and oxygen atoms in total. The molecule has 1 aliphatic rings. The van der Waals surface area contributed by atoms with Gasteiger partial charge in [-0.05, 0) is 61.4 Å². The molecule has 146 valence electrons. The van der Waals surface area contributed by atoms with Crippen LogP contribution in [0, 0.1) is 19.7 Å². The van der Waals surface area contributed by atoms with Crippen molar-refractivity contribution in [2.45, 2.75) is 26.4 Å². The van der Waals surface area contributed by atoms with Crippen LogP contribution in [0.1, 0.15) is 17.5 Å². The number of hydrogen-bond acceptors (Lipinski definition) is 4. The lowest BCUT2D eigenvalue weighted by molar-refractivity contribution is 0.0886. The maximum Gasteiger partial charge on any atom is 0.123 e. The number of β-amino-alcohol motifs (C(OH)–C–C–N with tert-alkyl or cyclic N) is 1. The molecular formula is C22H29FN2O2. The van der Waals surface area contributed by atoms with Gasteiger partial charge >= 0.3 is 0 Å². The Labute approximate surface area is 161 Å². The summed E-state index contributed by atoms with van der Waals surface area (Å²) in [6.45, 7) is 8.89. The zero-order chi connectivity index (χ0) is 19.2. The smallest absolute Gasteiger partial charge is 0.123 e. The maximum absolute atomic E-state index is 13.0. The molecule has 27 heavy (non-hydrogen) atoms. The molecule has 1 atom stereocenters. The molecule has 0 aliphatic carbocycles. The van der Waals surface area contributed by atoms with Crippen LogP contribution in [0.25, 0.3) is 0 Å². The quantitative estimate of drug-likeness (QED) is 0.808. The zero-order valence-corrected chi connectivity index (χ0v) is 16.2. The third-order valence-corrected chi connectivity index (χ3v) is 5.23. The molecule has 2 aromatic carbocycles. The standard InChI is InChI=1S/C22H29FN2O2/c1-17-3-8-22(15-18(17)2)27-14-9-21(26)16-24-10-12-25(13-11-24)20-6-4-19(23)5-7-20/h3-8,15,21,26H,9-14,16H2,1-2H3. The molecule has 5 heteroatoms. The zero-order valence-electron chi connectivity index (χ0n) is 16.2. The highest BCUT2D eigenvalue weighted by Crippen LogP contribution is 2.18. The minimum atomic E-state index is -0.395. The molecule has 1 aliphatic heterocycles. The molecule has 0 saturated carbocycles.